The summed E-state index contributed by atoms with van der Waals surface area (Å²) in [6.45, 7) is 3.54. The average Bonchev–Trinajstić information content (AvgIpc) is 2.15. The molecule has 0 aliphatic rings. The van der Waals surface area contributed by atoms with Crippen molar-refractivity contribution in [3.63, 3.8) is 0 Å². The minimum atomic E-state index is -0.856. The molecule has 0 fully saturated rings. The summed E-state index contributed by atoms with van der Waals surface area (Å²) in [5, 5.41) is 8.97. The summed E-state index contributed by atoms with van der Waals surface area (Å²) < 4.78 is 6.08. The van der Waals surface area contributed by atoms with Crippen LogP contribution in [0.3, 0.4) is 0 Å². The molecule has 0 radical (unpaired) electrons. The molecule has 1 atom stereocenters. The molecular weight excluding hydrogens is 260 g/mol. The van der Waals surface area contributed by atoms with Gasteiger partial charge in [0.15, 0.2) is 0 Å². The van der Waals surface area contributed by atoms with Crippen molar-refractivity contribution < 1.29 is 14.6 Å². The van der Waals surface area contributed by atoms with Crippen LogP contribution in [0.25, 0.3) is 0 Å². The topological polar surface area (TPSA) is 46.5 Å². The molecule has 0 amide bonds. The number of hydrogen-bond donors (Lipinski definition) is 1. The molecule has 0 saturated heterocycles. The Morgan fingerprint density at radius 3 is 2.60 bits per heavy atom. The lowest BCUT2D eigenvalue weighted by Crippen LogP contribution is -2.09. The van der Waals surface area contributed by atoms with Crippen LogP contribution in [0, 0.1) is 6.92 Å². The van der Waals surface area contributed by atoms with Crippen molar-refractivity contribution >= 4 is 21.9 Å². The monoisotopic (exact) mass is 272 g/mol. The van der Waals surface area contributed by atoms with Gasteiger partial charge in [-0.1, -0.05) is 15.9 Å². The van der Waals surface area contributed by atoms with E-state index >= 15 is 0 Å². The van der Waals surface area contributed by atoms with E-state index in [0.717, 1.165) is 10.0 Å². The molecule has 0 aromatic heterocycles. The van der Waals surface area contributed by atoms with Crippen molar-refractivity contribution in [1.29, 1.82) is 0 Å². The van der Waals surface area contributed by atoms with Gasteiger partial charge < -0.3 is 9.84 Å². The number of methoxy groups -OCH3 is 1. The molecule has 0 aliphatic heterocycles. The van der Waals surface area contributed by atoms with Crippen LogP contribution in [0.1, 0.15) is 24.0 Å². The van der Waals surface area contributed by atoms with Crippen LogP contribution in [-0.4, -0.2) is 18.2 Å². The molecule has 0 spiro atoms. The zero-order chi connectivity index (χ0) is 11.6. The Labute approximate surface area is 97.2 Å². The van der Waals surface area contributed by atoms with Crippen LogP contribution >= 0.6 is 15.9 Å². The minimum absolute atomic E-state index is 0.573. The van der Waals surface area contributed by atoms with Gasteiger partial charge in [-0.3, -0.25) is 4.79 Å². The van der Waals surface area contributed by atoms with E-state index in [2.05, 4.69) is 15.9 Å². The Morgan fingerprint density at radius 1 is 1.53 bits per heavy atom. The van der Waals surface area contributed by atoms with E-state index in [9.17, 15) is 4.79 Å². The van der Waals surface area contributed by atoms with Gasteiger partial charge in [0.05, 0.1) is 13.0 Å². The molecule has 1 unspecified atom stereocenters. The van der Waals surface area contributed by atoms with Crippen molar-refractivity contribution in [2.45, 2.75) is 19.8 Å². The van der Waals surface area contributed by atoms with Gasteiger partial charge in [0, 0.05) is 10.0 Å². The number of benzene rings is 1. The number of aryl methyl sites for hydroxylation is 1. The predicted molar refractivity (Wildman–Crippen MR) is 61.5 cm³/mol. The quantitative estimate of drug-likeness (QED) is 0.920. The fourth-order valence-electron chi connectivity index (χ4n) is 1.49. The van der Waals surface area contributed by atoms with E-state index in [-0.39, 0.29) is 0 Å². The van der Waals surface area contributed by atoms with Crippen molar-refractivity contribution in [2.75, 3.05) is 7.11 Å². The Bertz CT molecular complexity index is 388. The maximum Gasteiger partial charge on any atom is 0.310 e. The second-order valence-corrected chi connectivity index (χ2v) is 4.32. The van der Waals surface area contributed by atoms with Gasteiger partial charge in [0.2, 0.25) is 0 Å². The molecule has 0 bridgehead atoms. The Kier molecular flexibility index (Phi) is 3.74. The molecule has 1 aromatic carbocycles. The molecule has 82 valence electrons. The fourth-order valence-corrected chi connectivity index (χ4v) is 2.08. The summed E-state index contributed by atoms with van der Waals surface area (Å²) in [4.78, 5) is 10.9. The summed E-state index contributed by atoms with van der Waals surface area (Å²) in [6, 6.07) is 3.68. The maximum absolute atomic E-state index is 10.9. The Hall–Kier alpha value is -1.03. The Morgan fingerprint density at radius 2 is 2.13 bits per heavy atom. The van der Waals surface area contributed by atoms with Gasteiger partial charge in [-0.25, -0.2) is 0 Å². The number of aliphatic carboxylic acids is 1. The Balaban J connectivity index is 3.32. The number of carbonyl (C=O) groups is 1. The number of carboxylic acid groups (broad SMARTS) is 1. The van der Waals surface area contributed by atoms with E-state index in [1.54, 1.807) is 20.1 Å². The van der Waals surface area contributed by atoms with Gasteiger partial charge in [-0.05, 0) is 31.5 Å². The molecule has 0 heterocycles. The lowest BCUT2D eigenvalue weighted by molar-refractivity contribution is -0.138. The molecule has 0 saturated carbocycles. The summed E-state index contributed by atoms with van der Waals surface area (Å²) >= 11 is 3.35. The number of rotatable bonds is 3. The summed E-state index contributed by atoms with van der Waals surface area (Å²) in [6.07, 6.45) is 0. The second kappa shape index (κ2) is 4.66. The standard InChI is InChI=1S/C11H13BrO3/c1-6-4-8(12)5-9(10(6)15-3)7(2)11(13)14/h4-5,7H,1-3H3,(H,13,14). The highest BCUT2D eigenvalue weighted by Crippen LogP contribution is 2.33. The number of ether oxygens (including phenoxy) is 1. The molecule has 1 rings (SSSR count). The third-order valence-corrected chi connectivity index (χ3v) is 2.77. The third-order valence-electron chi connectivity index (χ3n) is 2.31. The van der Waals surface area contributed by atoms with Crippen molar-refractivity contribution in [2.24, 2.45) is 0 Å². The second-order valence-electron chi connectivity index (χ2n) is 3.41. The highest BCUT2D eigenvalue weighted by Gasteiger charge is 2.20. The number of hydrogen-bond acceptors (Lipinski definition) is 2. The SMILES string of the molecule is COc1c(C)cc(Br)cc1C(C)C(=O)O. The van der Waals surface area contributed by atoms with Crippen LogP contribution in [0.5, 0.6) is 5.75 Å². The van der Waals surface area contributed by atoms with Crippen LogP contribution in [0.4, 0.5) is 0 Å². The van der Waals surface area contributed by atoms with E-state index in [4.69, 9.17) is 9.84 Å². The van der Waals surface area contributed by atoms with Crippen molar-refractivity contribution in [3.05, 3.63) is 27.7 Å². The van der Waals surface area contributed by atoms with Crippen LogP contribution in [0.15, 0.2) is 16.6 Å². The van der Waals surface area contributed by atoms with Gasteiger partial charge in [0.1, 0.15) is 5.75 Å². The van der Waals surface area contributed by atoms with Crippen molar-refractivity contribution in [3.8, 4) is 5.75 Å². The lowest BCUT2D eigenvalue weighted by atomic mass is 9.98. The smallest absolute Gasteiger partial charge is 0.310 e. The van der Waals surface area contributed by atoms with E-state index in [1.165, 1.54) is 0 Å². The zero-order valence-electron chi connectivity index (χ0n) is 8.87. The van der Waals surface area contributed by atoms with Gasteiger partial charge in [0.25, 0.3) is 0 Å². The van der Waals surface area contributed by atoms with Crippen LogP contribution in [-0.2, 0) is 4.79 Å². The first-order valence-electron chi connectivity index (χ1n) is 4.54. The lowest BCUT2D eigenvalue weighted by Gasteiger charge is -2.15. The molecular formula is C11H13BrO3. The first-order chi connectivity index (χ1) is 6.97. The molecule has 1 N–H and O–H groups in total. The third kappa shape index (κ3) is 2.50. The summed E-state index contributed by atoms with van der Waals surface area (Å²) in [5.74, 6) is -0.782. The first kappa shape index (κ1) is 12.0. The summed E-state index contributed by atoms with van der Waals surface area (Å²) in [5.41, 5.74) is 1.62. The van der Waals surface area contributed by atoms with Crippen molar-refractivity contribution in [1.82, 2.24) is 0 Å². The number of halogens is 1. The van der Waals surface area contributed by atoms with Crippen LogP contribution in [0.2, 0.25) is 0 Å². The average molecular weight is 273 g/mol. The van der Waals surface area contributed by atoms with Gasteiger partial charge in [-0.15, -0.1) is 0 Å². The predicted octanol–water partition coefficient (Wildman–Crippen LogP) is 2.95. The van der Waals surface area contributed by atoms with E-state index < -0.39 is 11.9 Å². The van der Waals surface area contributed by atoms with Gasteiger partial charge in [-0.2, -0.15) is 0 Å². The highest BCUT2D eigenvalue weighted by molar-refractivity contribution is 9.10. The highest BCUT2D eigenvalue weighted by atomic mass is 79.9. The largest absolute Gasteiger partial charge is 0.496 e. The van der Waals surface area contributed by atoms with E-state index in [0.29, 0.717) is 11.3 Å². The zero-order valence-corrected chi connectivity index (χ0v) is 10.5. The normalized spacial score (nSPS) is 12.3. The van der Waals surface area contributed by atoms with Crippen LogP contribution < -0.4 is 4.74 Å². The van der Waals surface area contributed by atoms with Gasteiger partial charge >= 0.3 is 5.97 Å². The minimum Gasteiger partial charge on any atom is -0.496 e. The molecule has 4 heteroatoms. The molecule has 15 heavy (non-hydrogen) atoms. The maximum atomic E-state index is 10.9. The number of carboxylic acids is 1. The van der Waals surface area contributed by atoms with E-state index in [1.807, 2.05) is 13.0 Å². The summed E-state index contributed by atoms with van der Waals surface area (Å²) in [7, 11) is 1.55. The first-order valence-corrected chi connectivity index (χ1v) is 5.33. The molecule has 0 aliphatic carbocycles. The molecule has 3 nitrogen and oxygen atoms in total. The molecule has 1 aromatic rings. The fraction of sp³-hybridized carbons (Fsp3) is 0.364.